The second kappa shape index (κ2) is 10.4. The Hall–Kier alpha value is -0.320. The normalized spacial score (nSPS) is 15.6. The molecule has 0 unspecified atom stereocenters. The van der Waals surface area contributed by atoms with Gasteiger partial charge in [-0.05, 0) is 20.3 Å². The van der Waals surface area contributed by atoms with E-state index in [1.165, 1.54) is 37.9 Å². The summed E-state index contributed by atoms with van der Waals surface area (Å²) in [6.07, 6.45) is 6.44. The second-order valence-electron chi connectivity index (χ2n) is 6.50. The summed E-state index contributed by atoms with van der Waals surface area (Å²) in [4.78, 5) is 2.36. The molecule has 4 nitrogen and oxygen atoms in total. The number of aliphatic hydroxyl groups is 1. The monoisotopic (exact) mass is 319 g/mol. The van der Waals surface area contributed by atoms with E-state index in [4.69, 9.17) is 5.73 Å². The Morgan fingerprint density at radius 3 is 2.57 bits per heavy atom. The van der Waals surface area contributed by atoms with Crippen LogP contribution in [0.3, 0.4) is 0 Å². The van der Waals surface area contributed by atoms with Crippen molar-refractivity contribution in [1.82, 2.24) is 4.90 Å². The summed E-state index contributed by atoms with van der Waals surface area (Å²) >= 11 is 0. The van der Waals surface area contributed by atoms with Gasteiger partial charge in [-0.25, -0.2) is 0 Å². The van der Waals surface area contributed by atoms with Gasteiger partial charge < -0.3 is 23.2 Å². The van der Waals surface area contributed by atoms with Crippen LogP contribution in [0, 0.1) is 5.41 Å². The molecular weight excluding hydrogens is 286 g/mol. The zero-order valence-electron chi connectivity index (χ0n) is 14.1. The van der Waals surface area contributed by atoms with Crippen molar-refractivity contribution in [2.75, 3.05) is 39.3 Å². The molecule has 0 bridgehead atoms. The highest BCUT2D eigenvalue weighted by atomic mass is 35.5. The van der Waals surface area contributed by atoms with Crippen LogP contribution in [0.1, 0.15) is 52.9 Å². The van der Waals surface area contributed by atoms with Gasteiger partial charge in [0.15, 0.2) is 0 Å². The molecule has 3 N–H and O–H groups in total. The van der Waals surface area contributed by atoms with Gasteiger partial charge in [-0.3, -0.25) is 9.48 Å². The SMILES string of the molecule is CCCCCCC(C)(C)C1=[N+](CCN)CCN1CCO.[Cl-]. The molecule has 0 aromatic heterocycles. The summed E-state index contributed by atoms with van der Waals surface area (Å²) in [6.45, 7) is 11.6. The number of rotatable bonds is 10. The average molecular weight is 320 g/mol. The quantitative estimate of drug-likeness (QED) is 0.387. The van der Waals surface area contributed by atoms with E-state index in [1.54, 1.807) is 0 Å². The maximum atomic E-state index is 9.27. The first-order valence-corrected chi connectivity index (χ1v) is 8.25. The Balaban J connectivity index is 0.00000400. The highest BCUT2D eigenvalue weighted by molar-refractivity contribution is 5.84. The fraction of sp³-hybridized carbons (Fsp3) is 0.938. The zero-order valence-corrected chi connectivity index (χ0v) is 14.8. The van der Waals surface area contributed by atoms with Crippen LogP contribution in [0.4, 0.5) is 0 Å². The minimum atomic E-state index is 0. The third-order valence-corrected chi connectivity index (χ3v) is 4.27. The van der Waals surface area contributed by atoms with Crippen molar-refractivity contribution in [3.63, 3.8) is 0 Å². The Labute approximate surface area is 136 Å². The smallest absolute Gasteiger partial charge is 0.252 e. The molecule has 0 aromatic rings. The van der Waals surface area contributed by atoms with Crippen LogP contribution in [0.5, 0.6) is 0 Å². The predicted octanol–water partition coefficient (Wildman–Crippen LogP) is -1.34. The molecule has 0 spiro atoms. The van der Waals surface area contributed by atoms with Crippen LogP contribution in [0.15, 0.2) is 0 Å². The van der Waals surface area contributed by atoms with Gasteiger partial charge in [0.1, 0.15) is 19.6 Å². The molecule has 1 aliphatic heterocycles. The molecule has 1 heterocycles. The highest BCUT2D eigenvalue weighted by Gasteiger charge is 2.41. The summed E-state index contributed by atoms with van der Waals surface area (Å²) < 4.78 is 2.43. The van der Waals surface area contributed by atoms with E-state index in [9.17, 15) is 5.11 Å². The topological polar surface area (TPSA) is 52.5 Å². The molecule has 0 fully saturated rings. The van der Waals surface area contributed by atoms with Gasteiger partial charge in [0.05, 0.1) is 18.6 Å². The Bertz CT molecular complexity index is 319. The maximum Gasteiger partial charge on any atom is 0.252 e. The molecule has 1 aliphatic rings. The molecule has 21 heavy (non-hydrogen) atoms. The summed E-state index contributed by atoms with van der Waals surface area (Å²) in [6, 6.07) is 0. The van der Waals surface area contributed by atoms with Crippen molar-refractivity contribution < 1.29 is 22.1 Å². The highest BCUT2D eigenvalue weighted by Crippen LogP contribution is 2.29. The van der Waals surface area contributed by atoms with Crippen LogP contribution in [0.25, 0.3) is 0 Å². The average Bonchev–Trinajstić information content (AvgIpc) is 2.79. The maximum absolute atomic E-state index is 9.27. The minimum Gasteiger partial charge on any atom is -1.00 e. The summed E-state index contributed by atoms with van der Waals surface area (Å²) in [5.41, 5.74) is 5.93. The summed E-state index contributed by atoms with van der Waals surface area (Å²) in [5, 5.41) is 9.27. The molecule has 126 valence electrons. The lowest BCUT2D eigenvalue weighted by Crippen LogP contribution is -3.00. The van der Waals surface area contributed by atoms with Gasteiger partial charge in [-0.15, -0.1) is 0 Å². The fourth-order valence-electron chi connectivity index (χ4n) is 3.33. The zero-order chi connectivity index (χ0) is 15.0. The molecule has 1 rings (SSSR count). The third kappa shape index (κ3) is 6.13. The number of hydrogen-bond donors (Lipinski definition) is 2. The Morgan fingerprint density at radius 1 is 1.29 bits per heavy atom. The van der Waals surface area contributed by atoms with Crippen LogP contribution >= 0.6 is 0 Å². The molecule has 0 saturated carbocycles. The Kier molecular flexibility index (Phi) is 10.3. The van der Waals surface area contributed by atoms with Crippen LogP contribution in [-0.2, 0) is 0 Å². The minimum absolute atomic E-state index is 0. The van der Waals surface area contributed by atoms with E-state index in [0.29, 0.717) is 6.54 Å². The van der Waals surface area contributed by atoms with Gasteiger partial charge >= 0.3 is 0 Å². The van der Waals surface area contributed by atoms with Crippen LogP contribution in [-0.4, -0.2) is 59.7 Å². The number of β-amino-alcohol motifs (C(OH)–C–C–N with tert-alkyl or cyclic N) is 1. The van der Waals surface area contributed by atoms with Gasteiger partial charge in [0.25, 0.3) is 5.84 Å². The first kappa shape index (κ1) is 20.7. The van der Waals surface area contributed by atoms with Gasteiger partial charge in [0.2, 0.25) is 0 Å². The largest absolute Gasteiger partial charge is 1.00 e. The van der Waals surface area contributed by atoms with E-state index in [1.807, 2.05) is 0 Å². The first-order valence-electron chi connectivity index (χ1n) is 8.25. The second-order valence-corrected chi connectivity index (χ2v) is 6.50. The fourth-order valence-corrected chi connectivity index (χ4v) is 3.33. The first-order chi connectivity index (χ1) is 9.56. The molecular formula is C16H34ClN3O. The number of amidine groups is 1. The van der Waals surface area contributed by atoms with E-state index < -0.39 is 0 Å². The Morgan fingerprint density at radius 2 is 2.00 bits per heavy atom. The lowest BCUT2D eigenvalue weighted by molar-refractivity contribution is -0.519. The third-order valence-electron chi connectivity index (χ3n) is 4.27. The number of nitrogens with two attached hydrogens (primary N) is 1. The summed E-state index contributed by atoms with van der Waals surface area (Å²) in [5.74, 6) is 1.40. The molecule has 0 aliphatic carbocycles. The van der Waals surface area contributed by atoms with Gasteiger partial charge in [0, 0.05) is 6.54 Å². The molecule has 0 amide bonds. The van der Waals surface area contributed by atoms with Crippen molar-refractivity contribution in [1.29, 1.82) is 0 Å². The van der Waals surface area contributed by atoms with E-state index in [0.717, 1.165) is 26.2 Å². The number of halogens is 1. The van der Waals surface area contributed by atoms with Crippen molar-refractivity contribution in [2.24, 2.45) is 11.1 Å². The number of hydrogen-bond acceptors (Lipinski definition) is 3. The summed E-state index contributed by atoms with van der Waals surface area (Å²) in [7, 11) is 0. The molecule has 0 atom stereocenters. The number of unbranched alkanes of at least 4 members (excludes halogenated alkanes) is 3. The predicted molar refractivity (Wildman–Crippen MR) is 85.3 cm³/mol. The van der Waals surface area contributed by atoms with Crippen molar-refractivity contribution >= 4 is 5.84 Å². The molecule has 5 heteroatoms. The number of aliphatic hydroxyl groups excluding tert-OH is 1. The van der Waals surface area contributed by atoms with E-state index in [-0.39, 0.29) is 24.4 Å². The molecule has 0 aromatic carbocycles. The van der Waals surface area contributed by atoms with Gasteiger partial charge in [-0.1, -0.05) is 32.6 Å². The van der Waals surface area contributed by atoms with Crippen LogP contribution in [0.2, 0.25) is 0 Å². The van der Waals surface area contributed by atoms with E-state index in [2.05, 4.69) is 30.2 Å². The number of nitrogens with zero attached hydrogens (tertiary/aromatic N) is 2. The molecule has 0 radical (unpaired) electrons. The lowest BCUT2D eigenvalue weighted by atomic mass is 9.84. The van der Waals surface area contributed by atoms with Crippen molar-refractivity contribution in [3.8, 4) is 0 Å². The van der Waals surface area contributed by atoms with E-state index >= 15 is 0 Å². The van der Waals surface area contributed by atoms with Crippen molar-refractivity contribution in [3.05, 3.63) is 0 Å². The van der Waals surface area contributed by atoms with Crippen LogP contribution < -0.4 is 18.1 Å². The van der Waals surface area contributed by atoms with Gasteiger partial charge in [-0.2, -0.15) is 0 Å². The standard InChI is InChI=1S/C16H34N3O.ClH/c1-4-5-6-7-8-16(2,3)15-18(10-9-17)11-12-19(15)13-14-20;/h20H,4-14,17H2,1-3H3;1H/q+1;/p-1. The van der Waals surface area contributed by atoms with Crippen molar-refractivity contribution in [2.45, 2.75) is 52.9 Å². The molecule has 0 saturated heterocycles. The lowest BCUT2D eigenvalue weighted by Gasteiger charge is -2.27.